The maximum absolute atomic E-state index is 5.27. The molecule has 1 aliphatic rings. The van der Waals surface area contributed by atoms with Crippen molar-refractivity contribution in [1.29, 1.82) is 0 Å². The van der Waals surface area contributed by atoms with Crippen molar-refractivity contribution in [3.63, 3.8) is 0 Å². The first-order valence-electron chi connectivity index (χ1n) is 20.0. The van der Waals surface area contributed by atoms with E-state index >= 15 is 0 Å². The molecule has 0 unspecified atom stereocenters. The lowest BCUT2D eigenvalue weighted by Gasteiger charge is -2.34. The fraction of sp³-hybridized carbons (Fsp3) is 0.0182. The van der Waals surface area contributed by atoms with E-state index in [0.29, 0.717) is 0 Å². The van der Waals surface area contributed by atoms with Gasteiger partial charge in [0.25, 0.3) is 0 Å². The summed E-state index contributed by atoms with van der Waals surface area (Å²) in [7, 11) is 0. The molecule has 0 atom stereocenters. The van der Waals surface area contributed by atoms with Crippen LogP contribution < -0.4 is 0 Å². The van der Waals surface area contributed by atoms with Crippen molar-refractivity contribution in [1.82, 2.24) is 19.9 Å². The monoisotopic (exact) mass is 750 g/mol. The van der Waals surface area contributed by atoms with E-state index < -0.39 is 5.41 Å². The zero-order chi connectivity index (χ0) is 38.9. The van der Waals surface area contributed by atoms with E-state index in [1.54, 1.807) is 0 Å². The minimum absolute atomic E-state index is 0.573. The molecule has 0 amide bonds. The standard InChI is InChI=1S/C55H34N4/c1-3-17-47-45(15-1)46-16-2-4-18-48(46)55(47,44-14-6-10-42(34-44)50-30-28-40-26-24-38-12-8-32-57-52(38)54(40)59-50)43-13-5-9-41(33-43)35-19-21-36(22-20-35)49-29-27-39-25-23-37-11-7-31-56-51(37)53(39)58-49/h1-34H. The van der Waals surface area contributed by atoms with Gasteiger partial charge in [0.1, 0.15) is 0 Å². The first-order chi connectivity index (χ1) is 29.2. The van der Waals surface area contributed by atoms with Crippen molar-refractivity contribution in [2.24, 2.45) is 0 Å². The predicted molar refractivity (Wildman–Crippen MR) is 241 cm³/mol. The van der Waals surface area contributed by atoms with Crippen LogP contribution in [0.4, 0.5) is 0 Å². The molecule has 0 fully saturated rings. The van der Waals surface area contributed by atoms with Gasteiger partial charge in [0.05, 0.1) is 38.9 Å². The van der Waals surface area contributed by atoms with Crippen LogP contribution >= 0.6 is 0 Å². The zero-order valence-electron chi connectivity index (χ0n) is 31.9. The van der Waals surface area contributed by atoms with Gasteiger partial charge < -0.3 is 0 Å². The number of rotatable bonds is 5. The SMILES string of the molecule is c1cc(-c2ccc(-c3ccc4ccc5cccnc5c4n3)cc2)cc(C2(c3cccc(-c4ccc5ccc6cccnc6c5n4)c3)c3ccccc3-c3ccccc32)c1. The fourth-order valence-electron chi connectivity index (χ4n) is 9.47. The Morgan fingerprint density at radius 2 is 0.763 bits per heavy atom. The lowest BCUT2D eigenvalue weighted by atomic mass is 9.67. The summed E-state index contributed by atoms with van der Waals surface area (Å²) in [6.07, 6.45) is 3.68. The molecule has 274 valence electrons. The third kappa shape index (κ3) is 5.16. The molecule has 0 spiro atoms. The molecule has 0 aliphatic heterocycles. The number of nitrogens with zero attached hydrogens (tertiary/aromatic N) is 4. The average molecular weight is 751 g/mol. The number of fused-ring (bicyclic) bond motifs is 9. The lowest BCUT2D eigenvalue weighted by Crippen LogP contribution is -2.28. The van der Waals surface area contributed by atoms with E-state index in [1.165, 1.54) is 33.4 Å². The summed E-state index contributed by atoms with van der Waals surface area (Å²) in [5.74, 6) is 0. The average Bonchev–Trinajstić information content (AvgIpc) is 3.62. The molecule has 0 saturated carbocycles. The van der Waals surface area contributed by atoms with Crippen molar-refractivity contribution in [2.75, 3.05) is 0 Å². The van der Waals surface area contributed by atoms with Crippen LogP contribution in [0.5, 0.6) is 0 Å². The molecule has 12 rings (SSSR count). The van der Waals surface area contributed by atoms with Crippen LogP contribution in [0.25, 0.3) is 88.4 Å². The van der Waals surface area contributed by atoms with Gasteiger partial charge in [-0.25, -0.2) is 9.97 Å². The van der Waals surface area contributed by atoms with E-state index in [2.05, 4.69) is 187 Å². The Bertz CT molecular complexity index is 3410. The summed E-state index contributed by atoms with van der Waals surface area (Å²) >= 11 is 0. The minimum atomic E-state index is -0.573. The first-order valence-corrected chi connectivity index (χ1v) is 20.0. The second-order valence-electron chi connectivity index (χ2n) is 15.4. The Morgan fingerprint density at radius 3 is 1.34 bits per heavy atom. The summed E-state index contributed by atoms with van der Waals surface area (Å²) in [5, 5.41) is 4.34. The molecular formula is C55H34N4. The molecule has 1 aliphatic carbocycles. The molecule has 0 saturated heterocycles. The molecule has 4 heteroatoms. The number of hydrogen-bond acceptors (Lipinski definition) is 4. The molecule has 0 bridgehead atoms. The maximum Gasteiger partial charge on any atom is 0.0972 e. The van der Waals surface area contributed by atoms with Crippen LogP contribution in [0.1, 0.15) is 22.3 Å². The molecule has 4 aromatic heterocycles. The largest absolute Gasteiger partial charge is 0.254 e. The van der Waals surface area contributed by atoms with E-state index in [-0.39, 0.29) is 0 Å². The molecule has 0 radical (unpaired) electrons. The lowest BCUT2D eigenvalue weighted by molar-refractivity contribution is 0.769. The number of pyridine rings is 4. The topological polar surface area (TPSA) is 51.6 Å². The van der Waals surface area contributed by atoms with Crippen molar-refractivity contribution in [2.45, 2.75) is 5.41 Å². The maximum atomic E-state index is 5.27. The predicted octanol–water partition coefficient (Wildman–Crippen LogP) is 13.2. The highest BCUT2D eigenvalue weighted by Gasteiger charge is 2.46. The van der Waals surface area contributed by atoms with E-state index in [1.807, 2.05) is 24.5 Å². The highest BCUT2D eigenvalue weighted by Crippen LogP contribution is 2.56. The Labute approximate surface area is 341 Å². The van der Waals surface area contributed by atoms with Gasteiger partial charge in [0.2, 0.25) is 0 Å². The third-order valence-corrected chi connectivity index (χ3v) is 12.2. The molecule has 59 heavy (non-hydrogen) atoms. The molecule has 11 aromatic rings. The van der Waals surface area contributed by atoms with Crippen molar-refractivity contribution >= 4 is 43.6 Å². The zero-order valence-corrected chi connectivity index (χ0v) is 31.9. The summed E-state index contributed by atoms with van der Waals surface area (Å²) < 4.78 is 0. The van der Waals surface area contributed by atoms with Crippen LogP contribution in [0.3, 0.4) is 0 Å². The summed E-state index contributed by atoms with van der Waals surface area (Å²) in [4.78, 5) is 19.8. The highest BCUT2D eigenvalue weighted by atomic mass is 14.8. The van der Waals surface area contributed by atoms with Crippen LogP contribution in [0.15, 0.2) is 207 Å². The van der Waals surface area contributed by atoms with E-state index in [9.17, 15) is 0 Å². The minimum Gasteiger partial charge on any atom is -0.254 e. The van der Waals surface area contributed by atoms with Gasteiger partial charge in [-0.05, 0) is 80.9 Å². The van der Waals surface area contributed by atoms with Gasteiger partial charge in [-0.1, -0.05) is 158 Å². The van der Waals surface area contributed by atoms with Gasteiger partial charge in [0.15, 0.2) is 0 Å². The van der Waals surface area contributed by atoms with E-state index in [4.69, 9.17) is 15.0 Å². The molecule has 4 heterocycles. The number of benzene rings is 7. The fourth-order valence-corrected chi connectivity index (χ4v) is 9.47. The molecule has 0 N–H and O–H groups in total. The molecule has 7 aromatic carbocycles. The Morgan fingerprint density at radius 1 is 0.305 bits per heavy atom. The van der Waals surface area contributed by atoms with Gasteiger partial charge in [-0.3, -0.25) is 9.97 Å². The van der Waals surface area contributed by atoms with Gasteiger partial charge in [0, 0.05) is 45.1 Å². The molecule has 4 nitrogen and oxygen atoms in total. The summed E-state index contributed by atoms with van der Waals surface area (Å²) in [5.41, 5.74) is 16.9. The Balaban J connectivity index is 0.999. The van der Waals surface area contributed by atoms with Crippen LogP contribution in [-0.2, 0) is 5.41 Å². The van der Waals surface area contributed by atoms with Crippen LogP contribution in [0, 0.1) is 0 Å². The van der Waals surface area contributed by atoms with Gasteiger partial charge >= 0.3 is 0 Å². The number of aromatic nitrogens is 4. The highest BCUT2D eigenvalue weighted by molar-refractivity contribution is 6.04. The van der Waals surface area contributed by atoms with Crippen molar-refractivity contribution in [3.8, 4) is 44.8 Å². The summed E-state index contributed by atoms with van der Waals surface area (Å²) in [6, 6.07) is 69.9. The Kier molecular flexibility index (Phi) is 7.41. The van der Waals surface area contributed by atoms with Crippen LogP contribution in [0.2, 0.25) is 0 Å². The summed E-state index contributed by atoms with van der Waals surface area (Å²) in [6.45, 7) is 0. The van der Waals surface area contributed by atoms with Crippen LogP contribution in [-0.4, -0.2) is 19.9 Å². The van der Waals surface area contributed by atoms with E-state index in [0.717, 1.165) is 77.3 Å². The second kappa shape index (κ2) is 13.1. The van der Waals surface area contributed by atoms with Crippen molar-refractivity contribution in [3.05, 3.63) is 229 Å². The first kappa shape index (κ1) is 33.3. The Hall–Kier alpha value is -7.82. The second-order valence-corrected chi connectivity index (χ2v) is 15.4. The quantitative estimate of drug-likeness (QED) is 0.164. The normalized spacial score (nSPS) is 12.9. The third-order valence-electron chi connectivity index (χ3n) is 12.2. The number of hydrogen-bond donors (Lipinski definition) is 0. The smallest absolute Gasteiger partial charge is 0.0972 e. The van der Waals surface area contributed by atoms with Gasteiger partial charge in [-0.2, -0.15) is 0 Å². The molecular weight excluding hydrogens is 717 g/mol. The van der Waals surface area contributed by atoms with Gasteiger partial charge in [-0.15, -0.1) is 0 Å². The van der Waals surface area contributed by atoms with Crippen molar-refractivity contribution < 1.29 is 0 Å².